The van der Waals surface area contributed by atoms with E-state index >= 15 is 0 Å². The lowest BCUT2D eigenvalue weighted by molar-refractivity contribution is -0.144. The van der Waals surface area contributed by atoms with Crippen molar-refractivity contribution in [3.05, 3.63) is 29.0 Å². The van der Waals surface area contributed by atoms with E-state index in [2.05, 4.69) is 10.4 Å². The fourth-order valence-corrected chi connectivity index (χ4v) is 3.48. The molecule has 4 nitrogen and oxygen atoms in total. The van der Waals surface area contributed by atoms with Gasteiger partial charge < -0.3 is 0 Å². The second kappa shape index (κ2) is 5.70. The Balaban J connectivity index is 1.52. The van der Waals surface area contributed by atoms with Crippen molar-refractivity contribution in [1.82, 2.24) is 15.4 Å². The molecule has 1 N–H and O–H groups in total. The molecule has 5 heteroatoms. The molecule has 2 bridgehead atoms. The molecular weight excluding hydrogens is 274 g/mol. The van der Waals surface area contributed by atoms with Gasteiger partial charge in [-0.05, 0) is 49.7 Å². The number of rotatable bonds is 4. The highest BCUT2D eigenvalue weighted by molar-refractivity contribution is 6.30. The summed E-state index contributed by atoms with van der Waals surface area (Å²) in [4.78, 5) is 16.6. The molecule has 3 aliphatic carbocycles. The van der Waals surface area contributed by atoms with Crippen LogP contribution in [0.25, 0.3) is 0 Å². The molecule has 4 rings (SSSR count). The molecule has 0 unspecified atom stereocenters. The molecule has 0 aromatic carbocycles. The summed E-state index contributed by atoms with van der Waals surface area (Å²) >= 11 is 5.80. The molecule has 0 radical (unpaired) electrons. The highest BCUT2D eigenvalue weighted by Crippen LogP contribution is 2.49. The first-order chi connectivity index (χ1) is 9.63. The van der Waals surface area contributed by atoms with Crippen LogP contribution in [-0.2, 0) is 11.3 Å². The Morgan fingerprint density at radius 1 is 1.45 bits per heavy atom. The third-order valence-corrected chi connectivity index (χ3v) is 4.88. The van der Waals surface area contributed by atoms with Gasteiger partial charge in [-0.25, -0.2) is 5.43 Å². The number of nitrogens with one attached hydrogen (secondary N) is 1. The molecule has 0 aliphatic heterocycles. The molecule has 3 saturated carbocycles. The summed E-state index contributed by atoms with van der Waals surface area (Å²) < 4.78 is 0. The van der Waals surface area contributed by atoms with Gasteiger partial charge in [-0.15, -0.1) is 0 Å². The standard InChI is InChI=1S/C15H20ClN3O/c1-19(18-9-13-4-3-12(16)8-17-13)15(20)14-5-2-10-6-11(14)7-10/h3-4,8,10-11,14,18H,2,5-7,9H2,1H3/t10?,11?,14-/m1/s1. The predicted molar refractivity (Wildman–Crippen MR) is 77.8 cm³/mol. The highest BCUT2D eigenvalue weighted by Gasteiger charge is 2.43. The van der Waals surface area contributed by atoms with Crippen molar-refractivity contribution in [1.29, 1.82) is 0 Å². The minimum Gasteiger partial charge on any atom is -0.281 e. The molecule has 108 valence electrons. The first-order valence-electron chi connectivity index (χ1n) is 7.25. The van der Waals surface area contributed by atoms with Gasteiger partial charge in [-0.3, -0.25) is 14.8 Å². The lowest BCUT2D eigenvalue weighted by atomic mass is 9.60. The van der Waals surface area contributed by atoms with E-state index in [4.69, 9.17) is 11.6 Å². The normalized spacial score (nSPS) is 27.8. The summed E-state index contributed by atoms with van der Waals surface area (Å²) in [5, 5.41) is 2.26. The second-order valence-corrected chi connectivity index (χ2v) is 6.42. The van der Waals surface area contributed by atoms with Gasteiger partial charge in [0, 0.05) is 19.2 Å². The van der Waals surface area contributed by atoms with Crippen molar-refractivity contribution in [3.63, 3.8) is 0 Å². The van der Waals surface area contributed by atoms with Crippen molar-refractivity contribution >= 4 is 17.5 Å². The fourth-order valence-electron chi connectivity index (χ4n) is 3.36. The average Bonchev–Trinajstić information content (AvgIpc) is 2.45. The molecule has 0 saturated heterocycles. The quantitative estimate of drug-likeness (QED) is 0.868. The van der Waals surface area contributed by atoms with Crippen molar-refractivity contribution in [3.8, 4) is 0 Å². The number of halogens is 1. The van der Waals surface area contributed by atoms with Crippen LogP contribution in [0.15, 0.2) is 18.3 Å². The molecule has 3 fully saturated rings. The average molecular weight is 294 g/mol. The predicted octanol–water partition coefficient (Wildman–Crippen LogP) is 2.63. The SMILES string of the molecule is CN(NCc1ccc(Cl)cn1)C(=O)[C@@H]1CCC2CC1C2. The number of carbonyl (C=O) groups excluding carboxylic acids is 1. The van der Waals surface area contributed by atoms with Gasteiger partial charge in [0.05, 0.1) is 17.3 Å². The van der Waals surface area contributed by atoms with Crippen molar-refractivity contribution < 1.29 is 4.79 Å². The van der Waals surface area contributed by atoms with Crippen LogP contribution in [0.4, 0.5) is 0 Å². The highest BCUT2D eigenvalue weighted by atomic mass is 35.5. The Hall–Kier alpha value is -1.13. The molecule has 1 aromatic heterocycles. The smallest absolute Gasteiger partial charge is 0.239 e. The maximum Gasteiger partial charge on any atom is 0.239 e. The zero-order valence-electron chi connectivity index (χ0n) is 11.7. The summed E-state index contributed by atoms with van der Waals surface area (Å²) in [5.74, 6) is 1.97. The van der Waals surface area contributed by atoms with E-state index in [0.717, 1.165) is 18.0 Å². The van der Waals surface area contributed by atoms with E-state index in [-0.39, 0.29) is 11.8 Å². The largest absolute Gasteiger partial charge is 0.281 e. The summed E-state index contributed by atoms with van der Waals surface area (Å²) in [6, 6.07) is 3.67. The molecule has 1 aromatic rings. The Bertz CT molecular complexity index is 482. The Morgan fingerprint density at radius 3 is 2.85 bits per heavy atom. The first kappa shape index (κ1) is 13.8. The second-order valence-electron chi connectivity index (χ2n) is 5.98. The van der Waals surface area contributed by atoms with E-state index in [0.29, 0.717) is 17.5 Å². The number of hydrazine groups is 1. The van der Waals surface area contributed by atoms with Crippen LogP contribution in [0.3, 0.4) is 0 Å². The van der Waals surface area contributed by atoms with E-state index in [1.807, 2.05) is 19.2 Å². The van der Waals surface area contributed by atoms with Gasteiger partial charge >= 0.3 is 0 Å². The van der Waals surface area contributed by atoms with E-state index < -0.39 is 0 Å². The Kier molecular flexibility index (Phi) is 3.94. The van der Waals surface area contributed by atoms with Gasteiger partial charge in [0.15, 0.2) is 0 Å². The maximum atomic E-state index is 12.4. The van der Waals surface area contributed by atoms with Crippen LogP contribution in [0.5, 0.6) is 0 Å². The number of carbonyl (C=O) groups is 1. The van der Waals surface area contributed by atoms with E-state index in [1.54, 1.807) is 11.2 Å². The number of amides is 1. The summed E-state index contributed by atoms with van der Waals surface area (Å²) in [7, 11) is 1.81. The molecule has 1 atom stereocenters. The van der Waals surface area contributed by atoms with Gasteiger partial charge in [0.2, 0.25) is 5.91 Å². The minimum absolute atomic E-state index is 0.218. The maximum absolute atomic E-state index is 12.4. The van der Waals surface area contributed by atoms with Gasteiger partial charge in [-0.1, -0.05) is 11.6 Å². The molecular formula is C15H20ClN3O. The Morgan fingerprint density at radius 2 is 2.25 bits per heavy atom. The van der Waals surface area contributed by atoms with Crippen LogP contribution >= 0.6 is 11.6 Å². The number of fused-ring (bicyclic) bond motifs is 2. The third kappa shape index (κ3) is 2.81. The van der Waals surface area contributed by atoms with Crippen molar-refractivity contribution in [2.24, 2.45) is 17.8 Å². The van der Waals surface area contributed by atoms with Gasteiger partial charge in [0.1, 0.15) is 0 Å². The topological polar surface area (TPSA) is 45.2 Å². The fraction of sp³-hybridized carbons (Fsp3) is 0.600. The lowest BCUT2D eigenvalue weighted by Crippen LogP contribution is -2.49. The number of hydrogen-bond acceptors (Lipinski definition) is 3. The molecule has 0 spiro atoms. The van der Waals surface area contributed by atoms with E-state index in [1.165, 1.54) is 19.3 Å². The molecule has 20 heavy (non-hydrogen) atoms. The lowest BCUT2D eigenvalue weighted by Gasteiger charge is -2.46. The summed E-state index contributed by atoms with van der Waals surface area (Å²) in [5.41, 5.74) is 4.01. The molecule has 1 heterocycles. The van der Waals surface area contributed by atoms with Crippen LogP contribution in [0.2, 0.25) is 5.02 Å². The summed E-state index contributed by atoms with van der Waals surface area (Å²) in [6.45, 7) is 0.541. The molecule has 3 aliphatic rings. The van der Waals surface area contributed by atoms with Gasteiger partial charge in [0.25, 0.3) is 0 Å². The zero-order chi connectivity index (χ0) is 14.1. The number of aromatic nitrogens is 1. The van der Waals surface area contributed by atoms with Crippen LogP contribution < -0.4 is 5.43 Å². The third-order valence-electron chi connectivity index (χ3n) is 4.66. The van der Waals surface area contributed by atoms with Gasteiger partial charge in [-0.2, -0.15) is 0 Å². The van der Waals surface area contributed by atoms with E-state index in [9.17, 15) is 4.79 Å². The number of pyridine rings is 1. The number of hydrogen-bond donors (Lipinski definition) is 1. The monoisotopic (exact) mass is 293 g/mol. The van der Waals surface area contributed by atoms with Crippen LogP contribution in [-0.4, -0.2) is 22.9 Å². The first-order valence-corrected chi connectivity index (χ1v) is 7.63. The number of nitrogens with zero attached hydrogens (tertiary/aromatic N) is 2. The zero-order valence-corrected chi connectivity index (χ0v) is 12.4. The molecule has 1 amide bonds. The van der Waals surface area contributed by atoms with Crippen molar-refractivity contribution in [2.45, 2.75) is 32.2 Å². The Labute approximate surface area is 124 Å². The van der Waals surface area contributed by atoms with Crippen molar-refractivity contribution in [2.75, 3.05) is 7.05 Å². The summed E-state index contributed by atoms with van der Waals surface area (Å²) in [6.07, 6.45) is 6.40. The van der Waals surface area contributed by atoms with Crippen LogP contribution in [0.1, 0.15) is 31.4 Å². The van der Waals surface area contributed by atoms with Crippen LogP contribution in [0, 0.1) is 17.8 Å². The minimum atomic E-state index is 0.218.